The number of hydrogen-bond donors (Lipinski definition) is 0. The Kier molecular flexibility index (Phi) is 4.16. The van der Waals surface area contributed by atoms with Crippen molar-refractivity contribution in [2.45, 2.75) is 24.0 Å². The first kappa shape index (κ1) is 14.0. The Labute approximate surface area is 104 Å². The van der Waals surface area contributed by atoms with Crippen LogP contribution in [0.2, 0.25) is 0 Å². The maximum absolute atomic E-state index is 11.6. The first-order valence-electron chi connectivity index (χ1n) is 4.85. The molecule has 0 bridgehead atoms. The second-order valence-electron chi connectivity index (χ2n) is 3.79. The predicted octanol–water partition coefficient (Wildman–Crippen LogP) is 2.42. The maximum atomic E-state index is 11.6. The number of ether oxygens (including phenoxy) is 2. The van der Waals surface area contributed by atoms with Crippen molar-refractivity contribution in [3.05, 3.63) is 11.6 Å². The summed E-state index contributed by atoms with van der Waals surface area (Å²) in [5.41, 5.74) is 0.649. The summed E-state index contributed by atoms with van der Waals surface area (Å²) in [6.45, 7) is 3.75. The Balaban J connectivity index is 3.18. The van der Waals surface area contributed by atoms with Gasteiger partial charge in [-0.25, -0.2) is 13.2 Å². The van der Waals surface area contributed by atoms with E-state index in [1.807, 2.05) is 13.8 Å². The van der Waals surface area contributed by atoms with Crippen LogP contribution in [0.5, 0.6) is 5.06 Å². The summed E-state index contributed by atoms with van der Waals surface area (Å²) in [6, 6.07) is 1.56. The lowest BCUT2D eigenvalue weighted by Crippen LogP contribution is -2.05. The van der Waals surface area contributed by atoms with E-state index in [0.29, 0.717) is 5.56 Å². The number of carbonyl (C=O) groups is 1. The van der Waals surface area contributed by atoms with Crippen LogP contribution in [0.15, 0.2) is 10.3 Å². The Bertz CT molecular complexity index is 513. The molecular formula is C10H14O5S2. The highest BCUT2D eigenvalue weighted by molar-refractivity contribution is 7.92. The van der Waals surface area contributed by atoms with Crippen LogP contribution in [-0.2, 0) is 14.6 Å². The Morgan fingerprint density at radius 3 is 2.35 bits per heavy atom. The summed E-state index contributed by atoms with van der Waals surface area (Å²) in [4.78, 5) is 10.9. The van der Waals surface area contributed by atoms with Crippen molar-refractivity contribution >= 4 is 27.3 Å². The second kappa shape index (κ2) is 5.05. The van der Waals surface area contributed by atoms with Gasteiger partial charge in [0.2, 0.25) is 0 Å². The third-order valence-electron chi connectivity index (χ3n) is 2.01. The van der Waals surface area contributed by atoms with E-state index >= 15 is 0 Å². The highest BCUT2D eigenvalue weighted by Gasteiger charge is 2.22. The van der Waals surface area contributed by atoms with Gasteiger partial charge in [0.1, 0.15) is 4.21 Å². The minimum atomic E-state index is -3.31. The van der Waals surface area contributed by atoms with Gasteiger partial charge in [-0.15, -0.1) is 0 Å². The van der Waals surface area contributed by atoms with Crippen molar-refractivity contribution in [3.8, 4) is 5.06 Å². The number of rotatable bonds is 3. The van der Waals surface area contributed by atoms with Crippen LogP contribution < -0.4 is 4.74 Å². The fourth-order valence-electron chi connectivity index (χ4n) is 1.23. The summed E-state index contributed by atoms with van der Waals surface area (Å²) in [5, 5.41) is 0.223. The molecule has 0 aliphatic heterocycles. The SMILES string of the molecule is COC(=O)Oc1cc(C(C)C)c(S(C)(=O)=O)s1. The Morgan fingerprint density at radius 2 is 2.00 bits per heavy atom. The molecular weight excluding hydrogens is 264 g/mol. The molecule has 0 saturated carbocycles. The highest BCUT2D eigenvalue weighted by Crippen LogP contribution is 2.37. The summed E-state index contributed by atoms with van der Waals surface area (Å²) in [5.74, 6) is 0.0333. The zero-order valence-corrected chi connectivity index (χ0v) is 11.6. The molecule has 5 nitrogen and oxygen atoms in total. The smallest absolute Gasteiger partial charge is 0.437 e. The molecule has 0 spiro atoms. The van der Waals surface area contributed by atoms with Gasteiger partial charge in [-0.3, -0.25) is 0 Å². The molecule has 0 atom stereocenters. The van der Waals surface area contributed by atoms with E-state index in [9.17, 15) is 13.2 Å². The molecule has 0 amide bonds. The number of methoxy groups -OCH3 is 1. The van der Waals surface area contributed by atoms with Crippen molar-refractivity contribution in [2.24, 2.45) is 0 Å². The third kappa shape index (κ3) is 3.44. The van der Waals surface area contributed by atoms with Crippen molar-refractivity contribution in [2.75, 3.05) is 13.4 Å². The van der Waals surface area contributed by atoms with Gasteiger partial charge >= 0.3 is 6.16 Å². The molecule has 0 radical (unpaired) electrons. The van der Waals surface area contributed by atoms with E-state index in [1.165, 1.54) is 7.11 Å². The fourth-order valence-corrected chi connectivity index (χ4v) is 3.70. The number of thiophene rings is 1. The average molecular weight is 278 g/mol. The van der Waals surface area contributed by atoms with Gasteiger partial charge in [0, 0.05) is 6.26 Å². The normalized spacial score (nSPS) is 11.6. The van der Waals surface area contributed by atoms with Crippen LogP contribution in [0.4, 0.5) is 4.79 Å². The van der Waals surface area contributed by atoms with Crippen molar-refractivity contribution < 1.29 is 22.7 Å². The number of carbonyl (C=O) groups excluding carboxylic acids is 1. The maximum Gasteiger partial charge on any atom is 0.514 e. The topological polar surface area (TPSA) is 69.7 Å². The molecule has 0 aliphatic rings. The first-order chi connectivity index (χ1) is 7.75. The van der Waals surface area contributed by atoms with E-state index in [4.69, 9.17) is 4.74 Å². The Hall–Kier alpha value is -1.08. The van der Waals surface area contributed by atoms with Gasteiger partial charge in [0.15, 0.2) is 14.9 Å². The monoisotopic (exact) mass is 278 g/mol. The summed E-state index contributed by atoms with van der Waals surface area (Å²) in [6.07, 6.45) is 0.272. The molecule has 96 valence electrons. The zero-order valence-electron chi connectivity index (χ0n) is 10.0. The standard InChI is InChI=1S/C10H14O5S2/c1-6(2)7-5-8(15-10(11)14-3)16-9(7)17(4,12)13/h5-6H,1-4H3. The molecule has 1 rings (SSSR count). The van der Waals surface area contributed by atoms with Crippen molar-refractivity contribution in [1.29, 1.82) is 0 Å². The minimum Gasteiger partial charge on any atom is -0.437 e. The molecule has 0 aliphatic carbocycles. The van der Waals surface area contributed by atoms with E-state index in [-0.39, 0.29) is 15.2 Å². The lowest BCUT2D eigenvalue weighted by atomic mass is 10.1. The third-order valence-corrected chi connectivity index (χ3v) is 4.90. The quantitative estimate of drug-likeness (QED) is 0.794. The lowest BCUT2D eigenvalue weighted by molar-refractivity contribution is 0.123. The largest absolute Gasteiger partial charge is 0.514 e. The van der Waals surface area contributed by atoms with Gasteiger partial charge in [0.05, 0.1) is 7.11 Å². The molecule has 17 heavy (non-hydrogen) atoms. The van der Waals surface area contributed by atoms with E-state index in [0.717, 1.165) is 17.6 Å². The van der Waals surface area contributed by atoms with Gasteiger partial charge in [-0.2, -0.15) is 0 Å². The van der Waals surface area contributed by atoms with E-state index in [2.05, 4.69) is 4.74 Å². The summed E-state index contributed by atoms with van der Waals surface area (Å²) >= 11 is 0.927. The van der Waals surface area contributed by atoms with Crippen LogP contribution >= 0.6 is 11.3 Å². The van der Waals surface area contributed by atoms with E-state index in [1.54, 1.807) is 6.07 Å². The second-order valence-corrected chi connectivity index (χ2v) is 7.02. The molecule has 7 heteroatoms. The molecule has 1 aromatic rings. The molecule has 0 N–H and O–H groups in total. The van der Waals surface area contributed by atoms with Crippen molar-refractivity contribution in [1.82, 2.24) is 0 Å². The Morgan fingerprint density at radius 1 is 1.41 bits per heavy atom. The average Bonchev–Trinajstić information content (AvgIpc) is 2.61. The molecule has 0 aromatic carbocycles. The fraction of sp³-hybridized carbons (Fsp3) is 0.500. The summed E-state index contributed by atoms with van der Waals surface area (Å²) in [7, 11) is -2.12. The van der Waals surface area contributed by atoms with Gasteiger partial charge in [-0.1, -0.05) is 25.2 Å². The van der Waals surface area contributed by atoms with Gasteiger partial charge in [-0.05, 0) is 17.5 Å². The van der Waals surface area contributed by atoms with Crippen LogP contribution in [0.3, 0.4) is 0 Å². The molecule has 1 heterocycles. The van der Waals surface area contributed by atoms with Crippen LogP contribution in [-0.4, -0.2) is 27.9 Å². The summed E-state index contributed by atoms with van der Waals surface area (Å²) < 4.78 is 32.5. The molecule has 1 aromatic heterocycles. The van der Waals surface area contributed by atoms with Crippen LogP contribution in [0.1, 0.15) is 25.3 Å². The zero-order chi connectivity index (χ0) is 13.2. The first-order valence-corrected chi connectivity index (χ1v) is 7.56. The number of sulfone groups is 1. The highest BCUT2D eigenvalue weighted by atomic mass is 32.2. The molecule has 0 saturated heterocycles. The minimum absolute atomic E-state index is 0.0333. The predicted molar refractivity (Wildman–Crippen MR) is 64.6 cm³/mol. The van der Waals surface area contributed by atoms with Crippen LogP contribution in [0, 0.1) is 0 Å². The van der Waals surface area contributed by atoms with Gasteiger partial charge in [0.25, 0.3) is 0 Å². The van der Waals surface area contributed by atoms with Crippen LogP contribution in [0.25, 0.3) is 0 Å². The van der Waals surface area contributed by atoms with Gasteiger partial charge < -0.3 is 9.47 Å². The molecule has 0 fully saturated rings. The van der Waals surface area contributed by atoms with E-state index < -0.39 is 16.0 Å². The van der Waals surface area contributed by atoms with Crippen molar-refractivity contribution in [3.63, 3.8) is 0 Å². The number of hydrogen-bond acceptors (Lipinski definition) is 6. The lowest BCUT2D eigenvalue weighted by Gasteiger charge is -2.03. The molecule has 0 unspecified atom stereocenters.